The number of hydrogen-bond donors (Lipinski definition) is 2. The molecule has 1 unspecified atom stereocenters. The topological polar surface area (TPSA) is 52.6 Å². The molecule has 1 aromatic carbocycles. The first-order valence-electron chi connectivity index (χ1n) is 6.40. The fourth-order valence-corrected chi connectivity index (χ4v) is 2.32. The van der Waals surface area contributed by atoms with Gasteiger partial charge in [-0.3, -0.25) is 4.90 Å². The molecule has 0 bridgehead atoms. The predicted octanol–water partition coefficient (Wildman–Crippen LogP) is 2.28. The van der Waals surface area contributed by atoms with Gasteiger partial charge in [0, 0.05) is 30.9 Å². The fourth-order valence-electron chi connectivity index (χ4n) is 2.32. The van der Waals surface area contributed by atoms with E-state index >= 15 is 0 Å². The number of carboxylic acid groups (broad SMARTS) is 1. The van der Waals surface area contributed by atoms with Gasteiger partial charge in [0.05, 0.1) is 5.56 Å². The van der Waals surface area contributed by atoms with Crippen molar-refractivity contribution in [2.75, 3.05) is 18.4 Å². The Bertz CT molecular complexity index is 414. The summed E-state index contributed by atoms with van der Waals surface area (Å²) in [5.74, 6) is -0.881. The van der Waals surface area contributed by atoms with E-state index in [4.69, 9.17) is 5.11 Å². The van der Waals surface area contributed by atoms with Crippen LogP contribution in [0.2, 0.25) is 0 Å². The highest BCUT2D eigenvalue weighted by Gasteiger charge is 2.23. The van der Waals surface area contributed by atoms with Gasteiger partial charge in [-0.05, 0) is 44.5 Å². The molecule has 2 rings (SSSR count). The molecule has 1 aliphatic rings. The number of benzene rings is 1. The molecule has 1 fully saturated rings. The minimum absolute atomic E-state index is 0.329. The summed E-state index contributed by atoms with van der Waals surface area (Å²) in [5, 5.41) is 12.3. The van der Waals surface area contributed by atoms with Crippen LogP contribution in [0.25, 0.3) is 0 Å². The van der Waals surface area contributed by atoms with E-state index in [1.165, 1.54) is 0 Å². The maximum atomic E-state index is 10.7. The third-order valence-electron chi connectivity index (χ3n) is 3.45. The number of carboxylic acids is 1. The van der Waals surface area contributed by atoms with Gasteiger partial charge < -0.3 is 10.4 Å². The van der Waals surface area contributed by atoms with Crippen molar-refractivity contribution in [3.05, 3.63) is 29.8 Å². The second-order valence-electron chi connectivity index (χ2n) is 5.10. The van der Waals surface area contributed by atoms with Crippen LogP contribution in [0.3, 0.4) is 0 Å². The van der Waals surface area contributed by atoms with Gasteiger partial charge in [0.1, 0.15) is 0 Å². The molecule has 4 heteroatoms. The van der Waals surface area contributed by atoms with Gasteiger partial charge in [0.2, 0.25) is 0 Å². The standard InChI is InChI=1S/C14H20N2O2/c1-10(2)16-8-7-13(9-16)15-12-5-3-11(4-6-12)14(17)18/h3-6,10,13,15H,7-9H2,1-2H3,(H,17,18). The highest BCUT2D eigenvalue weighted by Crippen LogP contribution is 2.18. The maximum absolute atomic E-state index is 10.7. The molecule has 0 amide bonds. The smallest absolute Gasteiger partial charge is 0.335 e. The van der Waals surface area contributed by atoms with Crippen LogP contribution in [0, 0.1) is 0 Å². The van der Waals surface area contributed by atoms with Gasteiger partial charge in [-0.2, -0.15) is 0 Å². The summed E-state index contributed by atoms with van der Waals surface area (Å²) in [7, 11) is 0. The van der Waals surface area contributed by atoms with Crippen molar-refractivity contribution in [3.63, 3.8) is 0 Å². The number of anilines is 1. The zero-order chi connectivity index (χ0) is 13.1. The first kappa shape index (κ1) is 12.9. The monoisotopic (exact) mass is 248 g/mol. The van der Waals surface area contributed by atoms with Gasteiger partial charge in [-0.25, -0.2) is 4.79 Å². The molecule has 1 atom stereocenters. The van der Waals surface area contributed by atoms with Crippen molar-refractivity contribution in [3.8, 4) is 0 Å². The molecule has 1 aromatic rings. The number of hydrogen-bond acceptors (Lipinski definition) is 3. The highest BCUT2D eigenvalue weighted by atomic mass is 16.4. The summed E-state index contributed by atoms with van der Waals surface area (Å²) in [6.45, 7) is 6.61. The third-order valence-corrected chi connectivity index (χ3v) is 3.45. The van der Waals surface area contributed by atoms with Crippen LogP contribution in [0.15, 0.2) is 24.3 Å². The SMILES string of the molecule is CC(C)N1CCC(Nc2ccc(C(=O)O)cc2)C1. The summed E-state index contributed by atoms with van der Waals surface area (Å²) < 4.78 is 0. The number of nitrogens with one attached hydrogen (secondary N) is 1. The van der Waals surface area contributed by atoms with Crippen molar-refractivity contribution in [1.82, 2.24) is 4.90 Å². The fraction of sp³-hybridized carbons (Fsp3) is 0.500. The van der Waals surface area contributed by atoms with E-state index < -0.39 is 5.97 Å². The Morgan fingerprint density at radius 1 is 1.39 bits per heavy atom. The van der Waals surface area contributed by atoms with Crippen LogP contribution in [0.4, 0.5) is 5.69 Å². The molecule has 0 aromatic heterocycles. The quantitative estimate of drug-likeness (QED) is 0.858. The molecule has 1 saturated heterocycles. The van der Waals surface area contributed by atoms with Gasteiger partial charge in [-0.15, -0.1) is 0 Å². The van der Waals surface area contributed by atoms with E-state index in [1.54, 1.807) is 12.1 Å². The highest BCUT2D eigenvalue weighted by molar-refractivity contribution is 5.87. The normalized spacial score (nSPS) is 20.3. The third kappa shape index (κ3) is 3.01. The molecule has 2 N–H and O–H groups in total. The lowest BCUT2D eigenvalue weighted by Gasteiger charge is -2.20. The second kappa shape index (κ2) is 5.40. The van der Waals surface area contributed by atoms with Gasteiger partial charge in [-0.1, -0.05) is 0 Å². The van der Waals surface area contributed by atoms with Crippen LogP contribution in [-0.2, 0) is 0 Å². The van der Waals surface area contributed by atoms with Crippen LogP contribution in [0.1, 0.15) is 30.6 Å². The molecule has 4 nitrogen and oxygen atoms in total. The van der Waals surface area contributed by atoms with Gasteiger partial charge in [0.15, 0.2) is 0 Å². The van der Waals surface area contributed by atoms with E-state index in [0.717, 1.165) is 25.2 Å². The summed E-state index contributed by atoms with van der Waals surface area (Å²) in [6, 6.07) is 8.00. The number of rotatable bonds is 4. The molecule has 0 spiro atoms. The minimum Gasteiger partial charge on any atom is -0.478 e. The van der Waals surface area contributed by atoms with Gasteiger partial charge in [0.25, 0.3) is 0 Å². The lowest BCUT2D eigenvalue weighted by atomic mass is 10.2. The van der Waals surface area contributed by atoms with E-state index in [0.29, 0.717) is 17.6 Å². The molecule has 18 heavy (non-hydrogen) atoms. The minimum atomic E-state index is -0.881. The molecular formula is C14H20N2O2. The number of nitrogens with zero attached hydrogens (tertiary/aromatic N) is 1. The second-order valence-corrected chi connectivity index (χ2v) is 5.10. The zero-order valence-corrected chi connectivity index (χ0v) is 10.9. The number of aromatic carboxylic acids is 1. The largest absolute Gasteiger partial charge is 0.478 e. The van der Waals surface area contributed by atoms with Crippen molar-refractivity contribution in [1.29, 1.82) is 0 Å². The van der Waals surface area contributed by atoms with E-state index in [1.807, 2.05) is 12.1 Å². The maximum Gasteiger partial charge on any atom is 0.335 e. The Balaban J connectivity index is 1.92. The summed E-state index contributed by atoms with van der Waals surface area (Å²) >= 11 is 0. The van der Waals surface area contributed by atoms with Crippen LogP contribution in [-0.4, -0.2) is 41.1 Å². The first-order valence-corrected chi connectivity index (χ1v) is 6.40. The summed E-state index contributed by atoms with van der Waals surface area (Å²) in [5.41, 5.74) is 1.33. The van der Waals surface area contributed by atoms with Crippen molar-refractivity contribution in [2.45, 2.75) is 32.4 Å². The van der Waals surface area contributed by atoms with Crippen LogP contribution in [0.5, 0.6) is 0 Å². The lowest BCUT2D eigenvalue weighted by Crippen LogP contribution is -2.31. The Morgan fingerprint density at radius 3 is 2.56 bits per heavy atom. The van der Waals surface area contributed by atoms with Crippen molar-refractivity contribution in [2.24, 2.45) is 0 Å². The van der Waals surface area contributed by atoms with E-state index in [-0.39, 0.29) is 0 Å². The van der Waals surface area contributed by atoms with Crippen molar-refractivity contribution < 1.29 is 9.90 Å². The molecular weight excluding hydrogens is 228 g/mol. The average molecular weight is 248 g/mol. The molecule has 0 aliphatic carbocycles. The molecule has 0 radical (unpaired) electrons. The van der Waals surface area contributed by atoms with Crippen LogP contribution < -0.4 is 5.32 Å². The molecule has 1 aliphatic heterocycles. The van der Waals surface area contributed by atoms with Crippen LogP contribution >= 0.6 is 0 Å². The van der Waals surface area contributed by atoms with E-state index in [9.17, 15) is 4.79 Å². The summed E-state index contributed by atoms with van der Waals surface area (Å²) in [6.07, 6.45) is 1.14. The van der Waals surface area contributed by atoms with Crippen molar-refractivity contribution >= 4 is 11.7 Å². The Labute approximate surface area is 108 Å². The Kier molecular flexibility index (Phi) is 3.87. The Hall–Kier alpha value is -1.55. The Morgan fingerprint density at radius 2 is 2.06 bits per heavy atom. The molecule has 0 saturated carbocycles. The number of likely N-dealkylation sites (tertiary alicyclic amines) is 1. The average Bonchev–Trinajstić information content (AvgIpc) is 2.78. The molecule has 1 heterocycles. The number of carbonyl (C=O) groups is 1. The predicted molar refractivity (Wildman–Crippen MR) is 72.1 cm³/mol. The lowest BCUT2D eigenvalue weighted by molar-refractivity contribution is 0.0697. The van der Waals surface area contributed by atoms with E-state index in [2.05, 4.69) is 24.1 Å². The molecule has 98 valence electrons. The van der Waals surface area contributed by atoms with Gasteiger partial charge >= 0.3 is 5.97 Å². The summed E-state index contributed by atoms with van der Waals surface area (Å²) in [4.78, 5) is 13.2. The zero-order valence-electron chi connectivity index (χ0n) is 10.9. The first-order chi connectivity index (χ1) is 8.56.